The number of hydrogen-bond acceptors (Lipinski definition) is 3. The predicted octanol–water partition coefficient (Wildman–Crippen LogP) is 2.79. The Hall–Kier alpha value is -1.89. The van der Waals surface area contributed by atoms with E-state index in [4.69, 9.17) is 0 Å². The van der Waals surface area contributed by atoms with E-state index in [1.54, 1.807) is 12.1 Å². The zero-order valence-electron chi connectivity index (χ0n) is 11.0. The highest BCUT2D eigenvalue weighted by molar-refractivity contribution is 5.30. The standard InChI is InChI=1S/C13H15F3N4/c1-2-6-17-8-10-9-19-20(12(10)13(14,15)16)11-5-3-4-7-18-11/h3-5,7,9,17H,2,6,8H2,1H3. The molecule has 7 heteroatoms. The molecule has 0 saturated carbocycles. The number of halogens is 3. The molecule has 0 amide bonds. The number of rotatable bonds is 5. The lowest BCUT2D eigenvalue weighted by molar-refractivity contribution is -0.143. The highest BCUT2D eigenvalue weighted by Gasteiger charge is 2.38. The van der Waals surface area contributed by atoms with Gasteiger partial charge in [-0.15, -0.1) is 0 Å². The number of nitrogens with one attached hydrogen (secondary N) is 1. The highest BCUT2D eigenvalue weighted by atomic mass is 19.4. The quantitative estimate of drug-likeness (QED) is 0.859. The Morgan fingerprint density at radius 3 is 2.70 bits per heavy atom. The van der Waals surface area contributed by atoms with Crippen molar-refractivity contribution >= 4 is 0 Å². The van der Waals surface area contributed by atoms with Crippen LogP contribution in [0.1, 0.15) is 24.6 Å². The van der Waals surface area contributed by atoms with E-state index in [1.807, 2.05) is 6.92 Å². The fraction of sp³-hybridized carbons (Fsp3) is 0.385. The van der Waals surface area contributed by atoms with E-state index in [-0.39, 0.29) is 17.9 Å². The van der Waals surface area contributed by atoms with Gasteiger partial charge in [-0.05, 0) is 25.1 Å². The summed E-state index contributed by atoms with van der Waals surface area (Å²) in [4.78, 5) is 3.91. The molecule has 4 nitrogen and oxygen atoms in total. The summed E-state index contributed by atoms with van der Waals surface area (Å²) in [5, 5.41) is 6.78. The Labute approximate surface area is 114 Å². The third kappa shape index (κ3) is 3.16. The molecular formula is C13H15F3N4. The van der Waals surface area contributed by atoms with Crippen LogP contribution in [-0.2, 0) is 12.7 Å². The van der Waals surface area contributed by atoms with Gasteiger partial charge in [-0.3, -0.25) is 0 Å². The normalized spacial score (nSPS) is 11.8. The molecule has 0 atom stereocenters. The maximum Gasteiger partial charge on any atom is 0.433 e. The third-order valence-electron chi connectivity index (χ3n) is 2.72. The second-order valence-corrected chi connectivity index (χ2v) is 4.29. The Morgan fingerprint density at radius 1 is 1.30 bits per heavy atom. The van der Waals surface area contributed by atoms with Gasteiger partial charge in [0.1, 0.15) is 0 Å². The van der Waals surface area contributed by atoms with Crippen LogP contribution in [0, 0.1) is 0 Å². The molecule has 0 aromatic carbocycles. The van der Waals surface area contributed by atoms with E-state index in [0.29, 0.717) is 6.54 Å². The van der Waals surface area contributed by atoms with Gasteiger partial charge in [0.05, 0.1) is 6.20 Å². The van der Waals surface area contributed by atoms with Crippen LogP contribution in [0.3, 0.4) is 0 Å². The molecule has 0 aliphatic rings. The Kier molecular flexibility index (Phi) is 4.39. The molecule has 2 aromatic rings. The molecule has 20 heavy (non-hydrogen) atoms. The van der Waals surface area contributed by atoms with Crippen LogP contribution >= 0.6 is 0 Å². The lowest BCUT2D eigenvalue weighted by Gasteiger charge is -2.12. The molecule has 2 heterocycles. The van der Waals surface area contributed by atoms with Gasteiger partial charge in [-0.2, -0.15) is 18.3 Å². The summed E-state index contributed by atoms with van der Waals surface area (Å²) in [6.07, 6.45) is -0.945. The lowest BCUT2D eigenvalue weighted by Crippen LogP contribution is -2.20. The van der Waals surface area contributed by atoms with Gasteiger partial charge in [0, 0.05) is 18.3 Å². The predicted molar refractivity (Wildman–Crippen MR) is 68.4 cm³/mol. The largest absolute Gasteiger partial charge is 0.433 e. The molecule has 0 spiro atoms. The third-order valence-corrected chi connectivity index (χ3v) is 2.72. The summed E-state index contributed by atoms with van der Waals surface area (Å²) in [6, 6.07) is 4.76. The zero-order valence-corrected chi connectivity index (χ0v) is 11.0. The van der Waals surface area contributed by atoms with Gasteiger partial charge < -0.3 is 5.32 Å². The summed E-state index contributed by atoms with van der Waals surface area (Å²) in [6.45, 7) is 2.75. The van der Waals surface area contributed by atoms with Crippen molar-refractivity contribution in [1.29, 1.82) is 0 Å². The Bertz CT molecular complexity index is 548. The van der Waals surface area contributed by atoms with E-state index in [9.17, 15) is 13.2 Å². The molecule has 0 aliphatic carbocycles. The van der Waals surface area contributed by atoms with E-state index in [2.05, 4.69) is 15.4 Å². The van der Waals surface area contributed by atoms with Crippen molar-refractivity contribution in [3.8, 4) is 5.82 Å². The van der Waals surface area contributed by atoms with E-state index in [1.165, 1.54) is 18.5 Å². The van der Waals surface area contributed by atoms with Crippen LogP contribution in [0.4, 0.5) is 13.2 Å². The second kappa shape index (κ2) is 6.04. The Balaban J connectivity index is 2.38. The van der Waals surface area contributed by atoms with Gasteiger partial charge >= 0.3 is 6.18 Å². The second-order valence-electron chi connectivity index (χ2n) is 4.29. The monoisotopic (exact) mass is 284 g/mol. The van der Waals surface area contributed by atoms with Gasteiger partial charge in [0.15, 0.2) is 11.5 Å². The molecule has 0 unspecified atom stereocenters. The van der Waals surface area contributed by atoms with Crippen molar-refractivity contribution < 1.29 is 13.2 Å². The van der Waals surface area contributed by atoms with E-state index < -0.39 is 11.9 Å². The van der Waals surface area contributed by atoms with E-state index in [0.717, 1.165) is 11.1 Å². The first-order valence-electron chi connectivity index (χ1n) is 6.30. The number of pyridine rings is 1. The van der Waals surface area contributed by atoms with Gasteiger partial charge in [0.2, 0.25) is 0 Å². The van der Waals surface area contributed by atoms with Crippen molar-refractivity contribution in [2.75, 3.05) is 6.54 Å². The molecular weight excluding hydrogens is 269 g/mol. The molecule has 0 radical (unpaired) electrons. The minimum Gasteiger partial charge on any atom is -0.313 e. The topological polar surface area (TPSA) is 42.7 Å². The van der Waals surface area contributed by atoms with Crippen LogP contribution in [0.25, 0.3) is 5.82 Å². The summed E-state index contributed by atoms with van der Waals surface area (Å²) in [5.74, 6) is 0.154. The lowest BCUT2D eigenvalue weighted by atomic mass is 10.2. The fourth-order valence-corrected chi connectivity index (χ4v) is 1.87. The number of aromatic nitrogens is 3. The van der Waals surface area contributed by atoms with Crippen molar-refractivity contribution in [3.05, 3.63) is 41.9 Å². The number of alkyl halides is 3. The van der Waals surface area contributed by atoms with Crippen LogP contribution < -0.4 is 5.32 Å². The SMILES string of the molecule is CCCNCc1cnn(-c2ccccn2)c1C(F)(F)F. The summed E-state index contributed by atoms with van der Waals surface area (Å²) >= 11 is 0. The minimum atomic E-state index is -4.47. The van der Waals surface area contributed by atoms with Crippen molar-refractivity contribution in [2.45, 2.75) is 26.1 Å². The van der Waals surface area contributed by atoms with Crippen molar-refractivity contribution in [1.82, 2.24) is 20.1 Å². The number of hydrogen-bond donors (Lipinski definition) is 1. The van der Waals surface area contributed by atoms with Gasteiger partial charge in [0.25, 0.3) is 0 Å². The summed E-state index contributed by atoms with van der Waals surface area (Å²) < 4.78 is 40.5. The summed E-state index contributed by atoms with van der Waals surface area (Å²) in [7, 11) is 0. The Morgan fingerprint density at radius 2 is 2.10 bits per heavy atom. The highest BCUT2D eigenvalue weighted by Crippen LogP contribution is 2.33. The minimum absolute atomic E-state index is 0.122. The first kappa shape index (κ1) is 14.5. The molecule has 0 fully saturated rings. The molecule has 0 saturated heterocycles. The van der Waals surface area contributed by atoms with Crippen molar-refractivity contribution in [3.63, 3.8) is 0 Å². The molecule has 1 N–H and O–H groups in total. The zero-order chi connectivity index (χ0) is 14.6. The average Bonchev–Trinajstić information content (AvgIpc) is 2.84. The van der Waals surface area contributed by atoms with Crippen molar-refractivity contribution in [2.24, 2.45) is 0 Å². The fourth-order valence-electron chi connectivity index (χ4n) is 1.87. The maximum absolute atomic E-state index is 13.2. The van der Waals surface area contributed by atoms with E-state index >= 15 is 0 Å². The van der Waals surface area contributed by atoms with Gasteiger partial charge in [-0.1, -0.05) is 13.0 Å². The maximum atomic E-state index is 13.2. The molecule has 0 bridgehead atoms. The van der Waals surface area contributed by atoms with Crippen LogP contribution in [0.5, 0.6) is 0 Å². The molecule has 2 aromatic heterocycles. The molecule has 2 rings (SSSR count). The van der Waals surface area contributed by atoms with Gasteiger partial charge in [-0.25, -0.2) is 9.67 Å². The number of nitrogens with zero attached hydrogens (tertiary/aromatic N) is 3. The van der Waals surface area contributed by atoms with Crippen LogP contribution in [0.2, 0.25) is 0 Å². The average molecular weight is 284 g/mol. The van der Waals surface area contributed by atoms with Crippen LogP contribution in [-0.4, -0.2) is 21.3 Å². The first-order valence-corrected chi connectivity index (χ1v) is 6.30. The van der Waals surface area contributed by atoms with Crippen LogP contribution in [0.15, 0.2) is 30.6 Å². The molecule has 108 valence electrons. The smallest absolute Gasteiger partial charge is 0.313 e. The summed E-state index contributed by atoms with van der Waals surface area (Å²) in [5.41, 5.74) is -0.656. The first-order chi connectivity index (χ1) is 9.54. The molecule has 0 aliphatic heterocycles.